The molecule has 1 aromatic rings. The fourth-order valence-electron chi connectivity index (χ4n) is 2.85. The third kappa shape index (κ3) is 2.47. The molecule has 0 aliphatic carbocycles. The lowest BCUT2D eigenvalue weighted by atomic mass is 9.87. The zero-order chi connectivity index (χ0) is 14.4. The summed E-state index contributed by atoms with van der Waals surface area (Å²) in [5, 5.41) is 0. The number of alkyl halides is 1. The van der Waals surface area contributed by atoms with Crippen LogP contribution in [0.1, 0.15) is 24.8 Å². The molecule has 4 nitrogen and oxygen atoms in total. The van der Waals surface area contributed by atoms with Crippen LogP contribution >= 0.6 is 0 Å². The van der Waals surface area contributed by atoms with Crippen molar-refractivity contribution in [2.45, 2.75) is 49.0 Å². The van der Waals surface area contributed by atoms with Gasteiger partial charge < -0.3 is 4.74 Å². The second kappa shape index (κ2) is 4.79. The molecule has 0 saturated carbocycles. The number of hydrogen-bond acceptors (Lipinski definition) is 4. The molecule has 2 heterocycles. The van der Waals surface area contributed by atoms with Gasteiger partial charge in [-0.3, -0.25) is 4.18 Å². The highest BCUT2D eigenvalue weighted by Gasteiger charge is 2.54. The van der Waals surface area contributed by atoms with Crippen LogP contribution in [-0.4, -0.2) is 32.9 Å². The summed E-state index contributed by atoms with van der Waals surface area (Å²) in [7, 11) is -3.92. The van der Waals surface area contributed by atoms with Gasteiger partial charge in [0, 0.05) is 6.42 Å². The minimum absolute atomic E-state index is 0.0516. The zero-order valence-corrected chi connectivity index (χ0v) is 12.0. The lowest BCUT2D eigenvalue weighted by Crippen LogP contribution is -2.40. The van der Waals surface area contributed by atoms with Gasteiger partial charge in [-0.2, -0.15) is 8.42 Å². The van der Waals surface area contributed by atoms with Crippen molar-refractivity contribution in [1.29, 1.82) is 0 Å². The molecule has 20 heavy (non-hydrogen) atoms. The van der Waals surface area contributed by atoms with Gasteiger partial charge in [0.25, 0.3) is 10.1 Å². The number of aryl methyl sites for hydroxylation is 1. The molecule has 2 fully saturated rings. The number of fused-ring (bicyclic) bond motifs is 2. The van der Waals surface area contributed by atoms with Gasteiger partial charge in [-0.25, -0.2) is 4.39 Å². The molecular formula is C14H17FO4S. The molecule has 0 radical (unpaired) electrons. The monoisotopic (exact) mass is 300 g/mol. The van der Waals surface area contributed by atoms with Gasteiger partial charge in [0.15, 0.2) is 5.67 Å². The van der Waals surface area contributed by atoms with Crippen LogP contribution in [0.2, 0.25) is 0 Å². The Morgan fingerprint density at radius 2 is 2.05 bits per heavy atom. The molecule has 2 aliphatic rings. The van der Waals surface area contributed by atoms with E-state index in [1.165, 1.54) is 12.1 Å². The molecule has 0 amide bonds. The minimum Gasteiger partial charge on any atom is -0.371 e. The molecule has 6 heteroatoms. The van der Waals surface area contributed by atoms with E-state index >= 15 is 0 Å². The Balaban J connectivity index is 1.70. The van der Waals surface area contributed by atoms with Crippen LogP contribution in [0.4, 0.5) is 4.39 Å². The molecule has 2 aliphatic heterocycles. The first kappa shape index (κ1) is 14.0. The normalized spacial score (nSPS) is 32.7. The second-order valence-electron chi connectivity index (χ2n) is 5.59. The molecule has 1 aromatic carbocycles. The summed E-state index contributed by atoms with van der Waals surface area (Å²) in [5.41, 5.74) is -0.729. The van der Waals surface area contributed by atoms with Crippen LogP contribution in [0.3, 0.4) is 0 Å². The van der Waals surface area contributed by atoms with E-state index in [1.807, 2.05) is 6.92 Å². The lowest BCUT2D eigenvalue weighted by Gasteiger charge is -2.26. The van der Waals surface area contributed by atoms with Crippen molar-refractivity contribution in [3.05, 3.63) is 29.8 Å². The Morgan fingerprint density at radius 3 is 2.60 bits per heavy atom. The van der Waals surface area contributed by atoms with Crippen molar-refractivity contribution in [2.24, 2.45) is 0 Å². The van der Waals surface area contributed by atoms with Gasteiger partial charge in [0.2, 0.25) is 0 Å². The molecule has 0 aromatic heterocycles. The Kier molecular flexibility index (Phi) is 3.35. The highest BCUT2D eigenvalue weighted by molar-refractivity contribution is 7.86. The number of rotatable bonds is 4. The van der Waals surface area contributed by atoms with Gasteiger partial charge in [-0.15, -0.1) is 0 Å². The van der Waals surface area contributed by atoms with Gasteiger partial charge in [0.05, 0.1) is 17.1 Å². The summed E-state index contributed by atoms with van der Waals surface area (Å²) < 4.78 is 49.0. The van der Waals surface area contributed by atoms with E-state index in [2.05, 4.69) is 0 Å². The van der Waals surface area contributed by atoms with E-state index < -0.39 is 28.5 Å². The van der Waals surface area contributed by atoms with Gasteiger partial charge in [-0.05, 0) is 31.9 Å². The summed E-state index contributed by atoms with van der Waals surface area (Å²) in [6, 6.07) is 6.30. The average molecular weight is 300 g/mol. The maximum Gasteiger partial charge on any atom is 0.297 e. The fourth-order valence-corrected chi connectivity index (χ4v) is 3.80. The van der Waals surface area contributed by atoms with Crippen LogP contribution in [0.25, 0.3) is 0 Å². The Labute approximate surface area is 118 Å². The smallest absolute Gasteiger partial charge is 0.297 e. The van der Waals surface area contributed by atoms with Gasteiger partial charge in [0.1, 0.15) is 6.61 Å². The molecule has 2 bridgehead atoms. The van der Waals surface area contributed by atoms with Crippen molar-refractivity contribution < 1.29 is 21.7 Å². The maximum atomic E-state index is 14.6. The first-order valence-electron chi connectivity index (χ1n) is 6.70. The van der Waals surface area contributed by atoms with Crippen LogP contribution in [0.15, 0.2) is 29.2 Å². The van der Waals surface area contributed by atoms with Crippen molar-refractivity contribution in [3.63, 3.8) is 0 Å². The maximum absolute atomic E-state index is 14.6. The van der Waals surface area contributed by atoms with Crippen LogP contribution in [-0.2, 0) is 19.0 Å². The standard InChI is InChI=1S/C14H17FO4S/c1-10-2-5-12(6-3-10)20(16,17)18-9-14(15)8-11-4-7-13(14)19-11/h2-3,5-6,11,13H,4,7-9H2,1H3. The van der Waals surface area contributed by atoms with Gasteiger partial charge >= 0.3 is 0 Å². The summed E-state index contributed by atoms with van der Waals surface area (Å²) in [4.78, 5) is 0.0516. The van der Waals surface area contributed by atoms with Crippen molar-refractivity contribution in [1.82, 2.24) is 0 Å². The summed E-state index contributed by atoms with van der Waals surface area (Å²) in [6.07, 6.45) is 1.09. The first-order chi connectivity index (χ1) is 9.39. The quantitative estimate of drug-likeness (QED) is 0.801. The number of benzene rings is 1. The van der Waals surface area contributed by atoms with E-state index in [9.17, 15) is 12.8 Å². The molecule has 110 valence electrons. The van der Waals surface area contributed by atoms with Crippen LogP contribution in [0.5, 0.6) is 0 Å². The molecule has 3 unspecified atom stereocenters. The molecule has 3 atom stereocenters. The molecule has 0 spiro atoms. The zero-order valence-electron chi connectivity index (χ0n) is 11.2. The van der Waals surface area contributed by atoms with E-state index in [4.69, 9.17) is 8.92 Å². The van der Waals surface area contributed by atoms with E-state index in [0.717, 1.165) is 12.0 Å². The fraction of sp³-hybridized carbons (Fsp3) is 0.571. The summed E-state index contributed by atoms with van der Waals surface area (Å²) >= 11 is 0. The highest BCUT2D eigenvalue weighted by atomic mass is 32.2. The number of hydrogen-bond donors (Lipinski definition) is 0. The largest absolute Gasteiger partial charge is 0.371 e. The van der Waals surface area contributed by atoms with E-state index in [0.29, 0.717) is 6.42 Å². The number of ether oxygens (including phenoxy) is 1. The Bertz CT molecular complexity index is 598. The first-order valence-corrected chi connectivity index (χ1v) is 8.10. The van der Waals surface area contributed by atoms with Gasteiger partial charge in [-0.1, -0.05) is 17.7 Å². The molecular weight excluding hydrogens is 283 g/mol. The Hall–Kier alpha value is -0.980. The third-order valence-electron chi connectivity index (χ3n) is 4.02. The van der Waals surface area contributed by atoms with E-state index in [1.54, 1.807) is 12.1 Å². The van der Waals surface area contributed by atoms with E-state index in [-0.39, 0.29) is 17.4 Å². The van der Waals surface area contributed by atoms with Crippen LogP contribution < -0.4 is 0 Å². The predicted molar refractivity (Wildman–Crippen MR) is 70.7 cm³/mol. The molecule has 0 N–H and O–H groups in total. The summed E-state index contributed by atoms with van der Waals surface area (Å²) in [5.74, 6) is 0. The highest BCUT2D eigenvalue weighted by Crippen LogP contribution is 2.44. The van der Waals surface area contributed by atoms with Crippen molar-refractivity contribution in [2.75, 3.05) is 6.61 Å². The predicted octanol–water partition coefficient (Wildman–Crippen LogP) is 2.36. The molecule has 3 rings (SSSR count). The lowest BCUT2D eigenvalue weighted by molar-refractivity contribution is 0.00721. The average Bonchev–Trinajstić information content (AvgIpc) is 2.98. The second-order valence-corrected chi connectivity index (χ2v) is 7.21. The minimum atomic E-state index is -3.92. The van der Waals surface area contributed by atoms with Crippen molar-refractivity contribution >= 4 is 10.1 Å². The Morgan fingerprint density at radius 1 is 1.35 bits per heavy atom. The third-order valence-corrected chi connectivity index (χ3v) is 5.29. The van der Waals surface area contributed by atoms with Crippen LogP contribution in [0, 0.1) is 6.92 Å². The topological polar surface area (TPSA) is 52.6 Å². The molecule has 2 saturated heterocycles. The SMILES string of the molecule is Cc1ccc(S(=O)(=O)OCC2(F)CC3CCC2O3)cc1. The van der Waals surface area contributed by atoms with Crippen molar-refractivity contribution in [3.8, 4) is 0 Å². The summed E-state index contributed by atoms with van der Waals surface area (Å²) in [6.45, 7) is 1.39. The number of halogens is 1.